The number of nitrogens with one attached hydrogen (secondary N) is 4. The number of carbonyl (C=O) groups excluding carboxylic acids is 5. The largest absolute Gasteiger partial charge is 0.434 e. The Bertz CT molecular complexity index is 1650. The van der Waals surface area contributed by atoms with Crippen molar-refractivity contribution in [1.82, 2.24) is 25.8 Å². The Morgan fingerprint density at radius 2 is 1.83 bits per heavy atom. The first-order valence-corrected chi connectivity index (χ1v) is 15.5. The summed E-state index contributed by atoms with van der Waals surface area (Å²) in [7, 11) is 0. The van der Waals surface area contributed by atoms with E-state index in [-0.39, 0.29) is 42.2 Å². The SMILES string of the molecule is O=C(NCc1ccccc1)C(=O)C(CC1CCNC1=O)NC(=O)[C@@H]1C2CCCC2CN1C(=O)c1cc2c(OC(F)F)cccc2[nH]1. The van der Waals surface area contributed by atoms with Crippen LogP contribution in [0.3, 0.4) is 0 Å². The third-order valence-electron chi connectivity index (χ3n) is 9.33. The predicted octanol–water partition coefficient (Wildman–Crippen LogP) is 2.91. The molecule has 5 atom stereocenters. The summed E-state index contributed by atoms with van der Waals surface area (Å²) < 4.78 is 30.6. The van der Waals surface area contributed by atoms with E-state index in [1.807, 2.05) is 18.2 Å². The van der Waals surface area contributed by atoms with Crippen LogP contribution >= 0.6 is 0 Å². The summed E-state index contributed by atoms with van der Waals surface area (Å²) in [5.74, 6) is -3.82. The molecule has 242 valence electrons. The number of aromatic amines is 1. The second kappa shape index (κ2) is 13.3. The fraction of sp³-hybridized carbons (Fsp3) is 0.424. The van der Waals surface area contributed by atoms with Crippen molar-refractivity contribution in [3.63, 3.8) is 0 Å². The number of Topliss-reactive ketones (excluding diaryl/α,β-unsaturated/α-hetero) is 1. The second-order valence-corrected chi connectivity index (χ2v) is 12.1. The first-order valence-electron chi connectivity index (χ1n) is 15.5. The van der Waals surface area contributed by atoms with Gasteiger partial charge in [0.25, 0.3) is 11.8 Å². The van der Waals surface area contributed by atoms with Crippen LogP contribution in [0.4, 0.5) is 8.78 Å². The predicted molar refractivity (Wildman–Crippen MR) is 162 cm³/mol. The number of aromatic nitrogens is 1. The first-order chi connectivity index (χ1) is 22.2. The Morgan fingerprint density at radius 1 is 1.02 bits per heavy atom. The van der Waals surface area contributed by atoms with Gasteiger partial charge in [0, 0.05) is 36.5 Å². The van der Waals surface area contributed by atoms with Gasteiger partial charge in [0.1, 0.15) is 17.5 Å². The molecule has 4 N–H and O–H groups in total. The molecule has 46 heavy (non-hydrogen) atoms. The molecule has 3 heterocycles. The molecule has 13 heteroatoms. The van der Waals surface area contributed by atoms with Crippen LogP contribution in [0.25, 0.3) is 10.9 Å². The highest BCUT2D eigenvalue weighted by Gasteiger charge is 2.50. The molecule has 6 rings (SSSR count). The monoisotopic (exact) mass is 635 g/mol. The van der Waals surface area contributed by atoms with Crippen LogP contribution in [0.2, 0.25) is 0 Å². The molecule has 4 amide bonds. The number of nitrogens with zero attached hydrogens (tertiary/aromatic N) is 1. The van der Waals surface area contributed by atoms with E-state index in [9.17, 15) is 32.8 Å². The minimum atomic E-state index is -3.04. The number of ketones is 1. The topological polar surface area (TPSA) is 150 Å². The van der Waals surface area contributed by atoms with E-state index >= 15 is 0 Å². The maximum Gasteiger partial charge on any atom is 0.387 e. The number of hydrogen-bond donors (Lipinski definition) is 4. The molecule has 0 spiro atoms. The van der Waals surface area contributed by atoms with Crippen LogP contribution in [-0.2, 0) is 25.7 Å². The van der Waals surface area contributed by atoms with Gasteiger partial charge >= 0.3 is 6.61 Å². The average Bonchev–Trinajstić information content (AvgIpc) is 3.84. The summed E-state index contributed by atoms with van der Waals surface area (Å²) in [6.07, 6.45) is 2.81. The van der Waals surface area contributed by atoms with Gasteiger partial charge in [0.15, 0.2) is 0 Å². The maximum atomic E-state index is 14.1. The van der Waals surface area contributed by atoms with E-state index in [0.29, 0.717) is 36.8 Å². The van der Waals surface area contributed by atoms with E-state index < -0.39 is 48.1 Å². The first kappa shape index (κ1) is 31.2. The minimum absolute atomic E-state index is 0.0567. The smallest absolute Gasteiger partial charge is 0.387 e. The number of amides is 4. The van der Waals surface area contributed by atoms with Crippen LogP contribution in [0.15, 0.2) is 54.6 Å². The van der Waals surface area contributed by atoms with Gasteiger partial charge in [0.2, 0.25) is 17.6 Å². The summed E-state index contributed by atoms with van der Waals surface area (Å²) in [4.78, 5) is 71.3. The van der Waals surface area contributed by atoms with Crippen molar-refractivity contribution < 1.29 is 37.5 Å². The number of H-pyrrole nitrogens is 1. The highest BCUT2D eigenvalue weighted by atomic mass is 19.3. The molecule has 2 aromatic carbocycles. The number of halogens is 2. The molecule has 1 saturated carbocycles. The summed E-state index contributed by atoms with van der Waals surface area (Å²) in [5, 5.41) is 8.38. The lowest BCUT2D eigenvalue weighted by atomic mass is 9.91. The molecule has 4 unspecified atom stereocenters. The van der Waals surface area contributed by atoms with E-state index in [0.717, 1.165) is 18.4 Å². The van der Waals surface area contributed by atoms with E-state index in [2.05, 4.69) is 25.7 Å². The van der Waals surface area contributed by atoms with Gasteiger partial charge in [-0.3, -0.25) is 24.0 Å². The zero-order valence-electron chi connectivity index (χ0n) is 25.0. The van der Waals surface area contributed by atoms with Crippen molar-refractivity contribution in [2.24, 2.45) is 17.8 Å². The molecule has 3 aromatic rings. The molecule has 1 aliphatic carbocycles. The van der Waals surface area contributed by atoms with Crippen molar-refractivity contribution in [3.8, 4) is 5.75 Å². The molecular formula is C33H35F2N5O6. The number of alkyl halides is 2. The fourth-order valence-corrected chi connectivity index (χ4v) is 7.11. The second-order valence-electron chi connectivity index (χ2n) is 12.1. The zero-order valence-corrected chi connectivity index (χ0v) is 25.0. The lowest BCUT2D eigenvalue weighted by Crippen LogP contribution is -2.55. The Kier molecular flexibility index (Phi) is 9.00. The summed E-state index contributed by atoms with van der Waals surface area (Å²) in [6, 6.07) is 12.8. The van der Waals surface area contributed by atoms with Gasteiger partial charge in [-0.25, -0.2) is 0 Å². The highest BCUT2D eigenvalue weighted by Crippen LogP contribution is 2.43. The van der Waals surface area contributed by atoms with E-state index in [4.69, 9.17) is 0 Å². The van der Waals surface area contributed by atoms with Crippen molar-refractivity contribution in [1.29, 1.82) is 0 Å². The van der Waals surface area contributed by atoms with Crippen LogP contribution in [0, 0.1) is 17.8 Å². The number of likely N-dealkylation sites (tertiary alicyclic amines) is 1. The molecule has 0 radical (unpaired) electrons. The molecule has 0 bridgehead atoms. The van der Waals surface area contributed by atoms with Crippen molar-refractivity contribution in [2.75, 3.05) is 13.1 Å². The van der Waals surface area contributed by atoms with Crippen LogP contribution < -0.4 is 20.7 Å². The standard InChI is InChI=1S/C33H35F2N5O6/c34-33(35)46-26-11-5-10-23-22(26)15-25(38-23)32(45)40-17-20-8-4-9-21(20)27(40)30(43)39-24(14-19-12-13-36-29(19)42)28(41)31(44)37-16-18-6-2-1-3-7-18/h1-3,5-7,10-11,15,19-21,24,27,33,38H,4,8-9,12-14,16-17H2,(H,36,42)(H,37,44)(H,39,43)/t19?,20?,21?,24?,27-/m0/s1. The van der Waals surface area contributed by atoms with Crippen molar-refractivity contribution in [2.45, 2.75) is 57.3 Å². The third-order valence-corrected chi connectivity index (χ3v) is 9.33. The number of rotatable bonds is 11. The number of fused-ring (bicyclic) bond motifs is 2. The van der Waals surface area contributed by atoms with E-state index in [1.54, 1.807) is 18.2 Å². The van der Waals surface area contributed by atoms with Crippen LogP contribution in [0.5, 0.6) is 5.75 Å². The maximum absolute atomic E-state index is 14.1. The molecule has 3 fully saturated rings. The molecule has 11 nitrogen and oxygen atoms in total. The quantitative estimate of drug-likeness (QED) is 0.238. The lowest BCUT2D eigenvalue weighted by molar-refractivity contribution is -0.141. The molecule has 2 saturated heterocycles. The Hall–Kier alpha value is -4.81. The third kappa shape index (κ3) is 6.44. The van der Waals surface area contributed by atoms with Gasteiger partial charge in [0.05, 0.1) is 6.04 Å². The fourth-order valence-electron chi connectivity index (χ4n) is 7.11. The highest BCUT2D eigenvalue weighted by molar-refractivity contribution is 6.38. The Morgan fingerprint density at radius 3 is 2.57 bits per heavy atom. The molecule has 2 aliphatic heterocycles. The number of ether oxygens (including phenoxy) is 1. The Labute approximate surface area is 263 Å². The van der Waals surface area contributed by atoms with Gasteiger partial charge in [-0.15, -0.1) is 0 Å². The van der Waals surface area contributed by atoms with Crippen molar-refractivity contribution in [3.05, 3.63) is 65.9 Å². The lowest BCUT2D eigenvalue weighted by Gasteiger charge is -2.29. The van der Waals surface area contributed by atoms with Gasteiger partial charge < -0.3 is 30.6 Å². The van der Waals surface area contributed by atoms with Gasteiger partial charge in [-0.1, -0.05) is 42.8 Å². The molecule has 1 aromatic heterocycles. The number of benzene rings is 2. The summed E-state index contributed by atoms with van der Waals surface area (Å²) in [6.45, 7) is -2.20. The normalized spacial score (nSPS) is 22.8. The van der Waals surface area contributed by atoms with Crippen molar-refractivity contribution >= 4 is 40.3 Å². The summed E-state index contributed by atoms with van der Waals surface area (Å²) in [5.41, 5.74) is 1.31. The zero-order chi connectivity index (χ0) is 32.4. The van der Waals surface area contributed by atoms with Gasteiger partial charge in [-0.05, 0) is 61.3 Å². The van der Waals surface area contributed by atoms with Gasteiger partial charge in [-0.2, -0.15) is 8.78 Å². The van der Waals surface area contributed by atoms with Crippen LogP contribution in [-0.4, -0.2) is 71.1 Å². The average molecular weight is 636 g/mol. The Balaban J connectivity index is 1.23. The number of carbonyl (C=O) groups is 5. The van der Waals surface area contributed by atoms with E-state index in [1.165, 1.54) is 23.1 Å². The van der Waals surface area contributed by atoms with Crippen LogP contribution in [0.1, 0.15) is 48.2 Å². The summed E-state index contributed by atoms with van der Waals surface area (Å²) >= 11 is 0. The molecular weight excluding hydrogens is 600 g/mol. The minimum Gasteiger partial charge on any atom is -0.434 e. The number of hydrogen-bond acceptors (Lipinski definition) is 6. The molecule has 3 aliphatic rings.